The molecule has 1 nitrogen and oxygen atoms in total. The van der Waals surface area contributed by atoms with Gasteiger partial charge in [-0.05, 0) is 22.0 Å². The van der Waals surface area contributed by atoms with Gasteiger partial charge in [-0.1, -0.05) is 0 Å². The monoisotopic (exact) mass is 286 g/mol. The van der Waals surface area contributed by atoms with Crippen molar-refractivity contribution < 1.29 is 31.4 Å². The van der Waals surface area contributed by atoms with Crippen LogP contribution in [0.1, 0.15) is 6.42 Å². The summed E-state index contributed by atoms with van der Waals surface area (Å²) in [7, 11) is 0. The van der Waals surface area contributed by atoms with Crippen LogP contribution < -0.4 is 0 Å². The quantitative estimate of drug-likeness (QED) is 0.476. The zero-order valence-corrected chi connectivity index (χ0v) is 8.04. The van der Waals surface area contributed by atoms with Crippen LogP contribution in [0.25, 0.3) is 0 Å². The third-order valence-corrected chi connectivity index (χ3v) is 2.03. The van der Waals surface area contributed by atoms with Gasteiger partial charge in [-0.15, -0.1) is 0 Å². The van der Waals surface area contributed by atoms with Crippen molar-refractivity contribution in [1.29, 1.82) is 0 Å². The first kappa shape index (κ1) is 13.6. The molecule has 0 spiro atoms. The van der Waals surface area contributed by atoms with Gasteiger partial charge in [0.15, 0.2) is 0 Å². The summed E-state index contributed by atoms with van der Waals surface area (Å²) in [6.45, 7) is 0. The average molecular weight is 287 g/mol. The molecule has 1 N–H and O–H groups in total. The normalized spacial score (nSPS) is 18.5. The summed E-state index contributed by atoms with van der Waals surface area (Å²) in [5.41, 5.74) is -4.74. The minimum Gasteiger partial charge on any atom is -0.516 e. The predicted molar refractivity (Wildman–Crippen MR) is 40.2 cm³/mol. The van der Waals surface area contributed by atoms with Gasteiger partial charge in [-0.3, -0.25) is 0 Å². The van der Waals surface area contributed by atoms with Crippen molar-refractivity contribution in [2.75, 3.05) is 0 Å². The fourth-order valence-corrected chi connectivity index (χ4v) is 0.994. The standard InChI is InChI=1S/C6H5BrF6O/c7-5(9,10)4(8,2-1-3-14)6(11,12)13/h1,3,14H,2H2. The molecular formula is C6H5BrF6O. The minimum absolute atomic E-state index is 0.0683. The number of halogens is 7. The SMILES string of the molecule is OC=CCC(F)(C(F)(F)F)C(F)(F)Br. The lowest BCUT2D eigenvalue weighted by molar-refractivity contribution is -0.273. The largest absolute Gasteiger partial charge is 0.516 e. The number of hydrogen-bond donors (Lipinski definition) is 1. The maximum atomic E-state index is 12.9. The highest BCUT2D eigenvalue weighted by molar-refractivity contribution is 9.10. The van der Waals surface area contributed by atoms with Crippen LogP contribution in [0.4, 0.5) is 26.3 Å². The third kappa shape index (κ3) is 2.55. The molecule has 14 heavy (non-hydrogen) atoms. The van der Waals surface area contributed by atoms with Gasteiger partial charge in [-0.2, -0.15) is 22.0 Å². The second kappa shape index (κ2) is 4.00. The third-order valence-electron chi connectivity index (χ3n) is 1.40. The molecule has 0 aromatic carbocycles. The van der Waals surface area contributed by atoms with Crippen molar-refractivity contribution in [3.05, 3.63) is 12.3 Å². The lowest BCUT2D eigenvalue weighted by Crippen LogP contribution is -2.51. The highest BCUT2D eigenvalue weighted by Gasteiger charge is 2.69. The smallest absolute Gasteiger partial charge is 0.429 e. The zero-order valence-electron chi connectivity index (χ0n) is 6.45. The van der Waals surface area contributed by atoms with E-state index in [0.717, 1.165) is 0 Å². The molecule has 0 saturated carbocycles. The van der Waals surface area contributed by atoms with E-state index in [-0.39, 0.29) is 12.3 Å². The highest BCUT2D eigenvalue weighted by atomic mass is 79.9. The molecule has 8 heteroatoms. The van der Waals surface area contributed by atoms with Gasteiger partial charge >= 0.3 is 11.0 Å². The summed E-state index contributed by atoms with van der Waals surface area (Å²) in [5, 5.41) is 7.99. The molecule has 0 fully saturated rings. The molecule has 0 aromatic heterocycles. The fourth-order valence-electron chi connectivity index (χ4n) is 0.607. The van der Waals surface area contributed by atoms with Crippen LogP contribution in [0, 0.1) is 0 Å². The Morgan fingerprint density at radius 2 is 1.50 bits per heavy atom. The van der Waals surface area contributed by atoms with Gasteiger partial charge < -0.3 is 5.11 Å². The van der Waals surface area contributed by atoms with Crippen LogP contribution in [0.5, 0.6) is 0 Å². The molecule has 0 rings (SSSR count). The van der Waals surface area contributed by atoms with E-state index < -0.39 is 23.1 Å². The summed E-state index contributed by atoms with van der Waals surface area (Å²) in [6, 6.07) is 0. The van der Waals surface area contributed by atoms with Crippen LogP contribution >= 0.6 is 15.9 Å². The predicted octanol–water partition coefficient (Wildman–Crippen LogP) is 3.71. The Morgan fingerprint density at radius 3 is 1.71 bits per heavy atom. The van der Waals surface area contributed by atoms with Crippen molar-refractivity contribution in [2.45, 2.75) is 23.1 Å². The number of rotatable bonds is 3. The molecule has 0 radical (unpaired) electrons. The van der Waals surface area contributed by atoms with Crippen LogP contribution in [-0.2, 0) is 0 Å². The first-order valence-electron chi connectivity index (χ1n) is 3.18. The van der Waals surface area contributed by atoms with E-state index in [4.69, 9.17) is 5.11 Å². The van der Waals surface area contributed by atoms with E-state index >= 15 is 0 Å². The summed E-state index contributed by atoms with van der Waals surface area (Å²) in [4.78, 5) is -4.75. The van der Waals surface area contributed by atoms with E-state index in [1.807, 2.05) is 0 Å². The van der Waals surface area contributed by atoms with Gasteiger partial charge in [-0.25, -0.2) is 4.39 Å². The average Bonchev–Trinajstić information content (AvgIpc) is 1.95. The van der Waals surface area contributed by atoms with Crippen LogP contribution in [0.2, 0.25) is 0 Å². The Balaban J connectivity index is 5.07. The number of alkyl halides is 7. The lowest BCUT2D eigenvalue weighted by atomic mass is 10.0. The van der Waals surface area contributed by atoms with Gasteiger partial charge in [0.05, 0.1) is 6.26 Å². The number of allylic oxidation sites excluding steroid dienone is 1. The van der Waals surface area contributed by atoms with Crippen molar-refractivity contribution in [3.8, 4) is 0 Å². The summed E-state index contributed by atoms with van der Waals surface area (Å²) >= 11 is 1.32. The maximum absolute atomic E-state index is 12.9. The van der Waals surface area contributed by atoms with Gasteiger partial charge in [0, 0.05) is 6.42 Å². The molecule has 84 valence electrons. The highest BCUT2D eigenvalue weighted by Crippen LogP contribution is 2.50. The second-order valence-electron chi connectivity index (χ2n) is 2.39. The molecule has 1 unspecified atom stereocenters. The first-order valence-corrected chi connectivity index (χ1v) is 3.97. The first-order chi connectivity index (χ1) is 6.06. The zero-order chi connectivity index (χ0) is 11.6. The van der Waals surface area contributed by atoms with E-state index in [2.05, 4.69) is 0 Å². The molecule has 0 heterocycles. The van der Waals surface area contributed by atoms with Gasteiger partial charge in [0.2, 0.25) is 0 Å². The topological polar surface area (TPSA) is 20.2 Å². The minimum atomic E-state index is -5.74. The molecule has 0 amide bonds. The fraction of sp³-hybridized carbons (Fsp3) is 0.667. The molecule has 0 bridgehead atoms. The Kier molecular flexibility index (Phi) is 3.88. The van der Waals surface area contributed by atoms with Crippen molar-refractivity contribution in [3.63, 3.8) is 0 Å². The van der Waals surface area contributed by atoms with E-state index in [0.29, 0.717) is 0 Å². The Bertz CT molecular complexity index is 203. The van der Waals surface area contributed by atoms with E-state index in [1.165, 1.54) is 15.9 Å². The van der Waals surface area contributed by atoms with E-state index in [9.17, 15) is 26.3 Å². The molecule has 1 atom stereocenters. The second-order valence-corrected chi connectivity index (χ2v) is 3.38. The van der Waals surface area contributed by atoms with Crippen molar-refractivity contribution in [2.24, 2.45) is 0 Å². The van der Waals surface area contributed by atoms with Crippen molar-refractivity contribution in [1.82, 2.24) is 0 Å². The molecule has 0 aliphatic carbocycles. The molecule has 0 aliphatic rings. The summed E-state index contributed by atoms with van der Waals surface area (Å²) in [5.74, 6) is 0. The Labute approximate surface area is 83.5 Å². The van der Waals surface area contributed by atoms with Crippen molar-refractivity contribution >= 4 is 15.9 Å². The Hall–Kier alpha value is -0.400. The van der Waals surface area contributed by atoms with Crippen LogP contribution in [0.3, 0.4) is 0 Å². The van der Waals surface area contributed by atoms with E-state index in [1.54, 1.807) is 0 Å². The summed E-state index contributed by atoms with van der Waals surface area (Å²) < 4.78 is 73.3. The maximum Gasteiger partial charge on any atom is 0.429 e. The molecule has 0 saturated heterocycles. The summed E-state index contributed by atoms with van der Waals surface area (Å²) in [6.07, 6.45) is -7.09. The molecular weight excluding hydrogens is 282 g/mol. The van der Waals surface area contributed by atoms with Crippen LogP contribution in [0.15, 0.2) is 12.3 Å². The number of hydrogen-bond acceptors (Lipinski definition) is 1. The molecule has 0 aliphatic heterocycles. The van der Waals surface area contributed by atoms with Gasteiger partial charge in [0.1, 0.15) is 0 Å². The number of aliphatic hydroxyl groups excluding tert-OH is 1. The number of aliphatic hydroxyl groups is 1. The Morgan fingerprint density at radius 1 is 1.07 bits per heavy atom. The van der Waals surface area contributed by atoms with Gasteiger partial charge in [0.25, 0.3) is 5.67 Å². The molecule has 0 aromatic rings. The lowest BCUT2D eigenvalue weighted by Gasteiger charge is -2.30. The van der Waals surface area contributed by atoms with Crippen LogP contribution in [-0.4, -0.2) is 21.8 Å².